The van der Waals surface area contributed by atoms with Gasteiger partial charge in [-0.3, -0.25) is 4.79 Å². The summed E-state index contributed by atoms with van der Waals surface area (Å²) in [5.41, 5.74) is 0.137. The lowest BCUT2D eigenvalue weighted by Gasteiger charge is -2.20. The van der Waals surface area contributed by atoms with E-state index in [1.165, 1.54) is 4.31 Å². The molecule has 0 aromatic heterocycles. The molecule has 3 rings (SSSR count). The number of carbonyl (C=O) groups excluding carboxylic acids is 1. The molecule has 0 unspecified atom stereocenters. The predicted octanol–water partition coefficient (Wildman–Crippen LogP) is 3.25. The molecule has 0 aliphatic carbocycles. The summed E-state index contributed by atoms with van der Waals surface area (Å²) in [5.74, 6) is -0.843. The Balaban J connectivity index is 1.81. The van der Waals surface area contributed by atoms with E-state index in [-0.39, 0.29) is 30.3 Å². The van der Waals surface area contributed by atoms with E-state index < -0.39 is 33.7 Å². The second kappa shape index (κ2) is 8.16. The molecule has 1 N–H and O–H groups in total. The second-order valence-electron chi connectivity index (χ2n) is 6.89. The number of hydrogen-bond acceptors (Lipinski definition) is 3. The summed E-state index contributed by atoms with van der Waals surface area (Å²) in [6.45, 7) is 1.90. The number of sulfonamides is 1. The van der Waals surface area contributed by atoms with Gasteiger partial charge in [-0.15, -0.1) is 0 Å². The fraction of sp³-hybridized carbons (Fsp3) is 0.350. The third-order valence-electron chi connectivity index (χ3n) is 5.06. The van der Waals surface area contributed by atoms with E-state index in [0.29, 0.717) is 0 Å². The lowest BCUT2D eigenvalue weighted by molar-refractivity contribution is -0.137. The largest absolute Gasteiger partial charge is 0.416 e. The lowest BCUT2D eigenvalue weighted by atomic mass is 9.94. The molecule has 1 aliphatic rings. The average molecular weight is 426 g/mol. The summed E-state index contributed by atoms with van der Waals surface area (Å²) < 4.78 is 64.1. The summed E-state index contributed by atoms with van der Waals surface area (Å²) in [4.78, 5) is 12.6. The highest BCUT2D eigenvalue weighted by molar-refractivity contribution is 7.89. The van der Waals surface area contributed by atoms with Crippen molar-refractivity contribution in [3.8, 4) is 0 Å². The highest BCUT2D eigenvalue weighted by atomic mass is 32.2. The maximum absolute atomic E-state index is 12.7. The van der Waals surface area contributed by atoms with Crippen LogP contribution in [0.2, 0.25) is 0 Å². The number of amides is 1. The van der Waals surface area contributed by atoms with Gasteiger partial charge in [0.2, 0.25) is 10.0 Å². The smallest absolute Gasteiger partial charge is 0.347 e. The van der Waals surface area contributed by atoms with Crippen LogP contribution in [0.3, 0.4) is 0 Å². The molecule has 5 nitrogen and oxygen atoms in total. The van der Waals surface area contributed by atoms with Crippen LogP contribution in [0.15, 0.2) is 54.6 Å². The van der Waals surface area contributed by atoms with E-state index in [9.17, 15) is 26.4 Å². The quantitative estimate of drug-likeness (QED) is 0.798. The zero-order valence-electron chi connectivity index (χ0n) is 15.7. The number of nitrogens with one attached hydrogen (secondary N) is 1. The van der Waals surface area contributed by atoms with Crippen LogP contribution < -0.4 is 5.32 Å². The van der Waals surface area contributed by atoms with Gasteiger partial charge in [-0.05, 0) is 36.8 Å². The molecule has 9 heteroatoms. The van der Waals surface area contributed by atoms with Gasteiger partial charge in [-0.25, -0.2) is 8.42 Å². The van der Waals surface area contributed by atoms with Crippen LogP contribution in [0.4, 0.5) is 13.2 Å². The topological polar surface area (TPSA) is 66.5 Å². The molecule has 0 radical (unpaired) electrons. The van der Waals surface area contributed by atoms with E-state index >= 15 is 0 Å². The van der Waals surface area contributed by atoms with Gasteiger partial charge in [0.05, 0.1) is 17.4 Å². The van der Waals surface area contributed by atoms with Crippen molar-refractivity contribution >= 4 is 15.9 Å². The highest BCUT2D eigenvalue weighted by Crippen LogP contribution is 2.31. The van der Waals surface area contributed by atoms with Crippen molar-refractivity contribution in [3.05, 3.63) is 71.3 Å². The first-order chi connectivity index (χ1) is 13.6. The highest BCUT2D eigenvalue weighted by Gasteiger charge is 2.39. The zero-order chi connectivity index (χ0) is 21.2. The summed E-state index contributed by atoms with van der Waals surface area (Å²) in [6, 6.07) is 12.7. The number of halogens is 3. The van der Waals surface area contributed by atoms with Gasteiger partial charge in [0, 0.05) is 24.6 Å². The molecule has 156 valence electrons. The van der Waals surface area contributed by atoms with Crippen molar-refractivity contribution < 1.29 is 26.4 Å². The van der Waals surface area contributed by atoms with Gasteiger partial charge >= 0.3 is 6.18 Å². The molecule has 29 heavy (non-hydrogen) atoms. The summed E-state index contributed by atoms with van der Waals surface area (Å²) >= 11 is 0. The molecule has 1 aliphatic heterocycles. The van der Waals surface area contributed by atoms with E-state index in [2.05, 4.69) is 5.32 Å². The Hall–Kier alpha value is -2.39. The van der Waals surface area contributed by atoms with Crippen LogP contribution in [-0.2, 0) is 16.2 Å². The fourth-order valence-electron chi connectivity index (χ4n) is 3.42. The van der Waals surface area contributed by atoms with E-state index in [1.54, 1.807) is 6.92 Å². The fourth-order valence-corrected chi connectivity index (χ4v) is 4.56. The minimum Gasteiger partial charge on any atom is -0.347 e. The number of benzene rings is 2. The molecule has 2 atom stereocenters. The van der Waals surface area contributed by atoms with Crippen LogP contribution in [0.1, 0.15) is 34.3 Å². The van der Waals surface area contributed by atoms with Gasteiger partial charge in [-0.1, -0.05) is 30.3 Å². The number of rotatable bonds is 5. The Labute approximate surface area is 167 Å². The first-order valence-corrected chi connectivity index (χ1v) is 10.7. The maximum Gasteiger partial charge on any atom is 0.416 e. The molecule has 1 heterocycles. The number of hydrogen-bond donors (Lipinski definition) is 1. The molecule has 2 aromatic rings. The predicted molar refractivity (Wildman–Crippen MR) is 103 cm³/mol. The Morgan fingerprint density at radius 3 is 2.24 bits per heavy atom. The first kappa shape index (κ1) is 21.3. The van der Waals surface area contributed by atoms with E-state index in [0.717, 1.165) is 29.8 Å². The Morgan fingerprint density at radius 1 is 1.07 bits per heavy atom. The molecular formula is C20H21F3N2O3S. The van der Waals surface area contributed by atoms with Gasteiger partial charge in [0.15, 0.2) is 0 Å². The van der Waals surface area contributed by atoms with Crippen molar-refractivity contribution in [3.63, 3.8) is 0 Å². The third kappa shape index (κ3) is 4.79. The minimum atomic E-state index is -4.48. The third-order valence-corrected chi connectivity index (χ3v) is 6.88. The van der Waals surface area contributed by atoms with Crippen molar-refractivity contribution in [1.29, 1.82) is 0 Å². The van der Waals surface area contributed by atoms with Crippen LogP contribution in [0, 0.1) is 0 Å². The molecule has 0 bridgehead atoms. The van der Waals surface area contributed by atoms with Crippen LogP contribution >= 0.6 is 0 Å². The number of carbonyl (C=O) groups is 1. The van der Waals surface area contributed by atoms with Crippen LogP contribution in [0.5, 0.6) is 0 Å². The molecule has 1 fully saturated rings. The van der Waals surface area contributed by atoms with Crippen LogP contribution in [-0.4, -0.2) is 43.5 Å². The van der Waals surface area contributed by atoms with Gasteiger partial charge < -0.3 is 5.32 Å². The van der Waals surface area contributed by atoms with Crippen molar-refractivity contribution in [2.24, 2.45) is 0 Å². The number of alkyl halides is 3. The van der Waals surface area contributed by atoms with Gasteiger partial charge in [0.1, 0.15) is 0 Å². The van der Waals surface area contributed by atoms with Gasteiger partial charge in [-0.2, -0.15) is 17.5 Å². The number of nitrogens with zero attached hydrogens (tertiary/aromatic N) is 1. The van der Waals surface area contributed by atoms with Crippen molar-refractivity contribution in [2.75, 3.05) is 18.8 Å². The van der Waals surface area contributed by atoms with Crippen molar-refractivity contribution in [1.82, 2.24) is 9.62 Å². The molecular weight excluding hydrogens is 405 g/mol. The van der Waals surface area contributed by atoms with Crippen molar-refractivity contribution in [2.45, 2.75) is 25.1 Å². The Kier molecular flexibility index (Phi) is 6.00. The monoisotopic (exact) mass is 426 g/mol. The van der Waals surface area contributed by atoms with E-state index in [4.69, 9.17) is 0 Å². The maximum atomic E-state index is 12.7. The summed E-state index contributed by atoms with van der Waals surface area (Å²) in [7, 11) is -3.44. The molecule has 0 spiro atoms. The average Bonchev–Trinajstić information content (AvgIpc) is 3.12. The van der Waals surface area contributed by atoms with Gasteiger partial charge in [0.25, 0.3) is 5.91 Å². The first-order valence-electron chi connectivity index (χ1n) is 9.12. The van der Waals surface area contributed by atoms with E-state index in [1.807, 2.05) is 30.3 Å². The normalized spacial score (nSPS) is 20.6. The second-order valence-corrected chi connectivity index (χ2v) is 9.15. The molecule has 0 saturated carbocycles. The molecule has 1 amide bonds. The standard InChI is InChI=1S/C20H21F3N2O3S/c1-2-29(27,28)25-12-17(14-6-4-3-5-7-14)18(13-25)24-19(26)15-8-10-16(11-9-15)20(21,22)23/h3-11,17-18H,2,12-13H2,1H3,(H,24,26)/t17-,18+/m1/s1. The SMILES string of the molecule is CCS(=O)(=O)N1C[C@H](NC(=O)c2ccc(C(F)(F)F)cc2)[C@@H](c2ccccc2)C1. The zero-order valence-corrected chi connectivity index (χ0v) is 16.5. The van der Waals surface area contributed by atoms with Crippen LogP contribution in [0.25, 0.3) is 0 Å². The summed E-state index contributed by atoms with van der Waals surface area (Å²) in [5, 5.41) is 2.80. The molecule has 2 aromatic carbocycles. The summed E-state index contributed by atoms with van der Waals surface area (Å²) in [6.07, 6.45) is -4.48. The lowest BCUT2D eigenvalue weighted by Crippen LogP contribution is -2.40. The Morgan fingerprint density at radius 2 is 1.69 bits per heavy atom. The Bertz CT molecular complexity index is 961. The minimum absolute atomic E-state index is 0.0475. The molecule has 1 saturated heterocycles.